The van der Waals surface area contributed by atoms with Gasteiger partial charge in [0.1, 0.15) is 5.75 Å². The smallest absolute Gasteiger partial charge is 0.264 e. The molecule has 0 aliphatic rings. The second kappa shape index (κ2) is 7.53. The predicted molar refractivity (Wildman–Crippen MR) is 97.4 cm³/mol. The number of nitrogens with zero attached hydrogens (tertiary/aromatic N) is 1. The maximum Gasteiger partial charge on any atom is 0.264 e. The van der Waals surface area contributed by atoms with E-state index in [1.807, 2.05) is 50.2 Å². The molecule has 2 aromatic carbocycles. The van der Waals surface area contributed by atoms with Gasteiger partial charge < -0.3 is 4.74 Å². The highest BCUT2D eigenvalue weighted by Crippen LogP contribution is 2.26. The van der Waals surface area contributed by atoms with Crippen LogP contribution in [0, 0.1) is 0 Å². The van der Waals surface area contributed by atoms with Gasteiger partial charge in [0.05, 0.1) is 12.0 Å². The summed E-state index contributed by atoms with van der Waals surface area (Å²) in [4.78, 5) is 0.294. The normalized spacial score (nSPS) is 12.1. The van der Waals surface area contributed by atoms with Gasteiger partial charge in [0.2, 0.25) is 0 Å². The molecule has 24 heavy (non-hydrogen) atoms. The van der Waals surface area contributed by atoms with Gasteiger partial charge >= 0.3 is 0 Å². The zero-order chi connectivity index (χ0) is 17.7. The summed E-state index contributed by atoms with van der Waals surface area (Å²) >= 11 is 0. The summed E-state index contributed by atoms with van der Waals surface area (Å²) in [6.07, 6.45) is 1.80. The Kier molecular flexibility index (Phi) is 5.67. The number of allylic oxidation sites excluding steroid dienone is 2. The Morgan fingerprint density at radius 2 is 1.54 bits per heavy atom. The molecule has 0 unspecified atom stereocenters. The maximum atomic E-state index is 12.8. The SMILES string of the molecule is C/C=C(/C)N(CC)S(=O)(=O)c1ccc(-c2ccc(OC)cc2)cc1. The molecule has 0 aromatic heterocycles. The van der Waals surface area contributed by atoms with Crippen LogP contribution in [0.5, 0.6) is 5.75 Å². The van der Waals surface area contributed by atoms with Crippen molar-refractivity contribution in [2.45, 2.75) is 25.7 Å². The summed E-state index contributed by atoms with van der Waals surface area (Å²) in [5.41, 5.74) is 2.69. The van der Waals surface area contributed by atoms with E-state index in [0.29, 0.717) is 11.4 Å². The molecular formula is C19H23NO3S. The van der Waals surface area contributed by atoms with Gasteiger partial charge in [-0.15, -0.1) is 0 Å². The van der Waals surface area contributed by atoms with E-state index in [1.54, 1.807) is 32.2 Å². The number of methoxy groups -OCH3 is 1. The average Bonchev–Trinajstić information content (AvgIpc) is 2.62. The van der Waals surface area contributed by atoms with Gasteiger partial charge in [-0.1, -0.05) is 30.3 Å². The van der Waals surface area contributed by atoms with Crippen LogP contribution in [0.25, 0.3) is 11.1 Å². The number of hydrogen-bond donors (Lipinski definition) is 0. The van der Waals surface area contributed by atoms with Gasteiger partial charge in [-0.05, 0) is 56.2 Å². The van der Waals surface area contributed by atoms with Crippen LogP contribution in [-0.2, 0) is 10.0 Å². The Morgan fingerprint density at radius 3 is 1.96 bits per heavy atom. The summed E-state index contributed by atoms with van der Waals surface area (Å²) < 4.78 is 32.1. The summed E-state index contributed by atoms with van der Waals surface area (Å²) in [5.74, 6) is 0.790. The number of hydrogen-bond acceptors (Lipinski definition) is 3. The highest BCUT2D eigenvalue weighted by molar-refractivity contribution is 7.89. The standard InChI is InChI=1S/C19H23NO3S/c1-5-15(3)20(6-2)24(21,22)19-13-9-17(10-14-19)16-7-11-18(23-4)12-8-16/h5,7-14H,6H2,1-4H3/b15-5-. The molecule has 2 aromatic rings. The van der Waals surface area contributed by atoms with Gasteiger partial charge in [0.25, 0.3) is 10.0 Å². The Labute approximate surface area is 144 Å². The zero-order valence-corrected chi connectivity index (χ0v) is 15.3. The molecule has 0 aliphatic heterocycles. The second-order valence-corrected chi connectivity index (χ2v) is 7.22. The molecule has 128 valence electrons. The predicted octanol–water partition coefficient (Wildman–Crippen LogP) is 4.30. The van der Waals surface area contributed by atoms with Crippen molar-refractivity contribution in [1.82, 2.24) is 4.31 Å². The lowest BCUT2D eigenvalue weighted by Gasteiger charge is -2.23. The van der Waals surface area contributed by atoms with E-state index in [2.05, 4.69) is 0 Å². The quantitative estimate of drug-likeness (QED) is 0.784. The largest absolute Gasteiger partial charge is 0.497 e. The van der Waals surface area contributed by atoms with Crippen LogP contribution in [0.1, 0.15) is 20.8 Å². The van der Waals surface area contributed by atoms with E-state index in [4.69, 9.17) is 4.74 Å². The van der Waals surface area contributed by atoms with Crippen molar-refractivity contribution in [2.75, 3.05) is 13.7 Å². The maximum absolute atomic E-state index is 12.8. The van der Waals surface area contributed by atoms with Gasteiger partial charge in [-0.25, -0.2) is 8.42 Å². The summed E-state index contributed by atoms with van der Waals surface area (Å²) in [5, 5.41) is 0. The molecular weight excluding hydrogens is 322 g/mol. The molecule has 0 radical (unpaired) electrons. The van der Waals surface area contributed by atoms with Crippen molar-refractivity contribution in [3.8, 4) is 16.9 Å². The van der Waals surface area contributed by atoms with Crippen LogP contribution in [0.3, 0.4) is 0 Å². The second-order valence-electron chi connectivity index (χ2n) is 5.35. The number of rotatable bonds is 6. The van der Waals surface area contributed by atoms with Crippen LogP contribution >= 0.6 is 0 Å². The lowest BCUT2D eigenvalue weighted by atomic mass is 10.1. The van der Waals surface area contributed by atoms with Crippen molar-refractivity contribution < 1.29 is 13.2 Å². The van der Waals surface area contributed by atoms with Crippen LogP contribution in [0.2, 0.25) is 0 Å². The molecule has 0 fully saturated rings. The molecule has 0 aliphatic carbocycles. The zero-order valence-electron chi connectivity index (χ0n) is 14.5. The first-order chi connectivity index (χ1) is 11.4. The van der Waals surface area contributed by atoms with Crippen molar-refractivity contribution >= 4 is 10.0 Å². The van der Waals surface area contributed by atoms with Gasteiger partial charge in [0.15, 0.2) is 0 Å². The van der Waals surface area contributed by atoms with Gasteiger partial charge in [0, 0.05) is 12.2 Å². The van der Waals surface area contributed by atoms with Crippen molar-refractivity contribution in [1.29, 1.82) is 0 Å². The van der Waals surface area contributed by atoms with Gasteiger partial charge in [-0.2, -0.15) is 0 Å². The lowest BCUT2D eigenvalue weighted by molar-refractivity contribution is 0.415. The molecule has 0 bridgehead atoms. The van der Waals surface area contributed by atoms with Crippen LogP contribution in [0.4, 0.5) is 0 Å². The Bertz CT molecular complexity index is 807. The third-order valence-electron chi connectivity index (χ3n) is 3.96. The monoisotopic (exact) mass is 345 g/mol. The molecule has 0 saturated carbocycles. The minimum absolute atomic E-state index is 0.294. The molecule has 2 rings (SSSR count). The number of ether oxygens (including phenoxy) is 1. The average molecular weight is 345 g/mol. The van der Waals surface area contributed by atoms with E-state index >= 15 is 0 Å². The molecule has 0 heterocycles. The first-order valence-electron chi connectivity index (χ1n) is 7.84. The highest BCUT2D eigenvalue weighted by atomic mass is 32.2. The molecule has 5 heteroatoms. The third kappa shape index (κ3) is 3.62. The molecule has 4 nitrogen and oxygen atoms in total. The first-order valence-corrected chi connectivity index (χ1v) is 9.28. The van der Waals surface area contributed by atoms with Gasteiger partial charge in [-0.3, -0.25) is 4.31 Å². The summed E-state index contributed by atoms with van der Waals surface area (Å²) in [6, 6.07) is 14.6. The number of benzene rings is 2. The Balaban J connectivity index is 2.34. The molecule has 0 N–H and O–H groups in total. The highest BCUT2D eigenvalue weighted by Gasteiger charge is 2.22. The summed E-state index contributed by atoms with van der Waals surface area (Å²) in [7, 11) is -1.90. The fraction of sp³-hybridized carbons (Fsp3) is 0.263. The van der Waals surface area contributed by atoms with E-state index in [9.17, 15) is 8.42 Å². The third-order valence-corrected chi connectivity index (χ3v) is 5.96. The van der Waals surface area contributed by atoms with E-state index in [1.165, 1.54) is 4.31 Å². The minimum Gasteiger partial charge on any atom is -0.497 e. The molecule has 0 amide bonds. The first kappa shape index (κ1) is 18.1. The fourth-order valence-corrected chi connectivity index (χ4v) is 4.04. The van der Waals surface area contributed by atoms with Crippen molar-refractivity contribution in [3.63, 3.8) is 0 Å². The molecule has 0 atom stereocenters. The van der Waals surface area contributed by atoms with E-state index in [0.717, 1.165) is 22.6 Å². The van der Waals surface area contributed by atoms with Crippen LogP contribution in [-0.4, -0.2) is 26.4 Å². The van der Waals surface area contributed by atoms with Crippen LogP contribution in [0.15, 0.2) is 65.2 Å². The minimum atomic E-state index is -3.53. The topological polar surface area (TPSA) is 46.6 Å². The fourth-order valence-electron chi connectivity index (χ4n) is 2.48. The molecule has 0 saturated heterocycles. The lowest BCUT2D eigenvalue weighted by Crippen LogP contribution is -2.29. The Hall–Kier alpha value is -2.27. The number of sulfonamides is 1. The van der Waals surface area contributed by atoms with E-state index in [-0.39, 0.29) is 0 Å². The van der Waals surface area contributed by atoms with Crippen molar-refractivity contribution in [3.05, 3.63) is 60.3 Å². The van der Waals surface area contributed by atoms with Crippen molar-refractivity contribution in [2.24, 2.45) is 0 Å². The summed E-state index contributed by atoms with van der Waals surface area (Å²) in [6.45, 7) is 5.86. The molecule has 0 spiro atoms. The van der Waals surface area contributed by atoms with E-state index < -0.39 is 10.0 Å². The van der Waals surface area contributed by atoms with Crippen LogP contribution < -0.4 is 4.74 Å². The Morgan fingerprint density at radius 1 is 1.04 bits per heavy atom.